The zero-order valence-electron chi connectivity index (χ0n) is 9.66. The molecule has 0 aliphatic carbocycles. The van der Waals surface area contributed by atoms with Crippen LogP contribution in [0.4, 0.5) is 0 Å². The number of imidazole rings is 1. The minimum Gasteiger partial charge on any atom is -0.467 e. The van der Waals surface area contributed by atoms with Gasteiger partial charge in [0.2, 0.25) is 0 Å². The lowest BCUT2D eigenvalue weighted by atomic mass is 10.1. The number of H-pyrrole nitrogens is 1. The minimum absolute atomic E-state index is 0.292. The van der Waals surface area contributed by atoms with Gasteiger partial charge < -0.3 is 14.8 Å². The summed E-state index contributed by atoms with van der Waals surface area (Å²) in [6, 6.07) is 6.48. The number of hydrogen-bond donors (Lipinski definition) is 2. The van der Waals surface area contributed by atoms with Crippen molar-refractivity contribution in [2.45, 2.75) is 6.10 Å². The SMILES string of the molecule is COC(=O)C(O)c1cccc(-n2cc[nH]c2=O)c1. The molecular weight excluding hydrogens is 236 g/mol. The van der Waals surface area contributed by atoms with Gasteiger partial charge in [-0.15, -0.1) is 0 Å². The molecule has 1 aromatic heterocycles. The Balaban J connectivity index is 2.40. The van der Waals surface area contributed by atoms with Crippen LogP contribution in [0.3, 0.4) is 0 Å². The Labute approximate surface area is 102 Å². The topological polar surface area (TPSA) is 84.3 Å². The second kappa shape index (κ2) is 4.89. The van der Waals surface area contributed by atoms with Gasteiger partial charge in [-0.3, -0.25) is 4.57 Å². The fourth-order valence-electron chi connectivity index (χ4n) is 1.62. The third-order valence-corrected chi connectivity index (χ3v) is 2.54. The van der Waals surface area contributed by atoms with E-state index in [1.54, 1.807) is 30.5 Å². The number of aliphatic hydroxyl groups excluding tert-OH is 1. The van der Waals surface area contributed by atoms with Crippen LogP contribution < -0.4 is 5.69 Å². The van der Waals surface area contributed by atoms with Crippen LogP contribution in [0.2, 0.25) is 0 Å². The lowest BCUT2D eigenvalue weighted by Crippen LogP contribution is -2.16. The molecule has 1 atom stereocenters. The number of nitrogens with zero attached hydrogens (tertiary/aromatic N) is 1. The Kier molecular flexibility index (Phi) is 3.29. The molecule has 0 fully saturated rings. The van der Waals surface area contributed by atoms with Crippen LogP contribution in [-0.2, 0) is 9.53 Å². The molecule has 1 aromatic carbocycles. The van der Waals surface area contributed by atoms with Crippen LogP contribution in [0.5, 0.6) is 0 Å². The van der Waals surface area contributed by atoms with E-state index >= 15 is 0 Å². The summed E-state index contributed by atoms with van der Waals surface area (Å²) in [5.74, 6) is -0.742. The number of carbonyl (C=O) groups is 1. The monoisotopic (exact) mass is 248 g/mol. The number of carbonyl (C=O) groups excluding carboxylic acids is 1. The van der Waals surface area contributed by atoms with Crippen molar-refractivity contribution in [2.75, 3.05) is 7.11 Å². The molecule has 0 amide bonds. The van der Waals surface area contributed by atoms with Crippen molar-refractivity contribution in [1.29, 1.82) is 0 Å². The van der Waals surface area contributed by atoms with E-state index < -0.39 is 12.1 Å². The zero-order valence-corrected chi connectivity index (χ0v) is 9.66. The lowest BCUT2D eigenvalue weighted by molar-refractivity contribution is -0.150. The van der Waals surface area contributed by atoms with Gasteiger partial charge in [0.15, 0.2) is 6.10 Å². The first-order valence-electron chi connectivity index (χ1n) is 5.25. The maximum Gasteiger partial charge on any atom is 0.339 e. The lowest BCUT2D eigenvalue weighted by Gasteiger charge is -2.10. The fraction of sp³-hybridized carbons (Fsp3) is 0.167. The van der Waals surface area contributed by atoms with Crippen molar-refractivity contribution >= 4 is 5.97 Å². The van der Waals surface area contributed by atoms with Crippen molar-refractivity contribution in [3.05, 3.63) is 52.7 Å². The third-order valence-electron chi connectivity index (χ3n) is 2.54. The van der Waals surface area contributed by atoms with Gasteiger partial charge in [0.25, 0.3) is 0 Å². The average molecular weight is 248 g/mol. The molecule has 0 saturated heterocycles. The average Bonchev–Trinajstić information content (AvgIpc) is 2.83. The largest absolute Gasteiger partial charge is 0.467 e. The standard InChI is InChI=1S/C12H12N2O4/c1-18-11(16)10(15)8-3-2-4-9(7-8)14-6-5-13-12(14)17/h2-7,10,15H,1H3,(H,13,17). The smallest absolute Gasteiger partial charge is 0.339 e. The van der Waals surface area contributed by atoms with Crippen LogP contribution in [0.15, 0.2) is 41.5 Å². The number of ether oxygens (including phenoxy) is 1. The third kappa shape index (κ3) is 2.18. The predicted molar refractivity (Wildman–Crippen MR) is 63.4 cm³/mol. The number of aromatic amines is 1. The second-order valence-corrected chi connectivity index (χ2v) is 3.66. The maximum absolute atomic E-state index is 11.4. The molecule has 0 radical (unpaired) electrons. The summed E-state index contributed by atoms with van der Waals surface area (Å²) in [5, 5.41) is 9.71. The van der Waals surface area contributed by atoms with Crippen LogP contribution in [0, 0.1) is 0 Å². The molecule has 0 spiro atoms. The van der Waals surface area contributed by atoms with Gasteiger partial charge in [0.1, 0.15) is 0 Å². The summed E-state index contributed by atoms with van der Waals surface area (Å²) >= 11 is 0. The number of methoxy groups -OCH3 is 1. The molecule has 2 N–H and O–H groups in total. The molecule has 2 rings (SSSR count). The summed E-state index contributed by atoms with van der Waals surface area (Å²) in [6.07, 6.45) is 1.71. The summed E-state index contributed by atoms with van der Waals surface area (Å²) < 4.78 is 5.83. The molecular formula is C12H12N2O4. The minimum atomic E-state index is -1.36. The second-order valence-electron chi connectivity index (χ2n) is 3.66. The first kappa shape index (κ1) is 12.1. The molecule has 6 nitrogen and oxygen atoms in total. The number of aliphatic hydroxyl groups is 1. The predicted octanol–water partition coefficient (Wildman–Crippen LogP) is 0.372. The Morgan fingerprint density at radius 3 is 2.89 bits per heavy atom. The van der Waals surface area contributed by atoms with E-state index in [9.17, 15) is 14.7 Å². The molecule has 2 aromatic rings. The first-order valence-corrected chi connectivity index (χ1v) is 5.25. The van der Waals surface area contributed by atoms with Gasteiger partial charge in [-0.1, -0.05) is 12.1 Å². The Hall–Kier alpha value is -2.34. The first-order chi connectivity index (χ1) is 8.63. The highest BCUT2D eigenvalue weighted by molar-refractivity contribution is 5.76. The molecule has 0 aliphatic heterocycles. The maximum atomic E-state index is 11.4. The summed E-state index contributed by atoms with van der Waals surface area (Å²) in [6.45, 7) is 0. The number of nitrogens with one attached hydrogen (secondary N) is 1. The van der Waals surface area contributed by atoms with Gasteiger partial charge in [-0.05, 0) is 17.7 Å². The molecule has 1 heterocycles. The molecule has 1 unspecified atom stereocenters. The van der Waals surface area contributed by atoms with Crippen molar-refractivity contribution in [1.82, 2.24) is 9.55 Å². The Morgan fingerprint density at radius 2 is 2.28 bits per heavy atom. The van der Waals surface area contributed by atoms with E-state index in [1.807, 2.05) is 0 Å². The highest BCUT2D eigenvalue weighted by atomic mass is 16.5. The highest BCUT2D eigenvalue weighted by Crippen LogP contribution is 2.17. The van der Waals surface area contributed by atoms with Crippen molar-refractivity contribution in [3.8, 4) is 5.69 Å². The number of benzene rings is 1. The van der Waals surface area contributed by atoms with Gasteiger partial charge in [-0.25, -0.2) is 9.59 Å². The van der Waals surface area contributed by atoms with E-state index in [0.717, 1.165) is 0 Å². The summed E-state index contributed by atoms with van der Waals surface area (Å²) in [7, 11) is 1.20. The van der Waals surface area contributed by atoms with E-state index in [2.05, 4.69) is 9.72 Å². The zero-order chi connectivity index (χ0) is 13.1. The van der Waals surface area contributed by atoms with Crippen molar-refractivity contribution in [3.63, 3.8) is 0 Å². The highest BCUT2D eigenvalue weighted by Gasteiger charge is 2.18. The van der Waals surface area contributed by atoms with Gasteiger partial charge in [0, 0.05) is 12.4 Å². The molecule has 6 heteroatoms. The van der Waals surface area contributed by atoms with Gasteiger partial charge in [0.05, 0.1) is 12.8 Å². The summed E-state index contributed by atoms with van der Waals surface area (Å²) in [4.78, 5) is 25.2. The van der Waals surface area contributed by atoms with Crippen LogP contribution in [0.1, 0.15) is 11.7 Å². The van der Waals surface area contributed by atoms with E-state index in [-0.39, 0.29) is 5.69 Å². The van der Waals surface area contributed by atoms with E-state index in [4.69, 9.17) is 0 Å². The molecule has 0 saturated carbocycles. The van der Waals surface area contributed by atoms with Crippen LogP contribution >= 0.6 is 0 Å². The van der Waals surface area contributed by atoms with Gasteiger partial charge >= 0.3 is 11.7 Å². The van der Waals surface area contributed by atoms with Crippen LogP contribution in [0.25, 0.3) is 5.69 Å². The quantitative estimate of drug-likeness (QED) is 0.769. The van der Waals surface area contributed by atoms with E-state index in [1.165, 1.54) is 17.9 Å². The Bertz CT molecular complexity index is 614. The van der Waals surface area contributed by atoms with E-state index in [0.29, 0.717) is 11.3 Å². The number of aromatic nitrogens is 2. The number of hydrogen-bond acceptors (Lipinski definition) is 4. The number of rotatable bonds is 3. The summed E-state index contributed by atoms with van der Waals surface area (Å²) in [5.41, 5.74) is 0.633. The molecule has 0 aliphatic rings. The Morgan fingerprint density at radius 1 is 1.50 bits per heavy atom. The number of esters is 1. The van der Waals surface area contributed by atoms with Crippen molar-refractivity contribution in [2.24, 2.45) is 0 Å². The fourth-order valence-corrected chi connectivity index (χ4v) is 1.62. The van der Waals surface area contributed by atoms with Gasteiger partial charge in [-0.2, -0.15) is 0 Å². The molecule has 94 valence electrons. The van der Waals surface area contributed by atoms with Crippen molar-refractivity contribution < 1.29 is 14.6 Å². The van der Waals surface area contributed by atoms with Crippen LogP contribution in [-0.4, -0.2) is 27.7 Å². The molecule has 0 bridgehead atoms. The normalized spacial score (nSPS) is 12.1. The molecule has 18 heavy (non-hydrogen) atoms.